The Kier molecular flexibility index (Phi) is 9.41. The monoisotopic (exact) mass is 192 g/mol. The molecule has 0 unspecified atom stereocenters. The van der Waals surface area contributed by atoms with Crippen LogP contribution in [-0.2, 0) is 19.1 Å². The molecule has 0 fully saturated rings. The van der Waals surface area contributed by atoms with Crippen molar-refractivity contribution in [1.82, 2.24) is 0 Å². The summed E-state index contributed by atoms with van der Waals surface area (Å²) >= 11 is 0. The van der Waals surface area contributed by atoms with Gasteiger partial charge in [0.05, 0.1) is 6.61 Å². The Morgan fingerprint density at radius 2 is 1.69 bits per heavy atom. The van der Waals surface area contributed by atoms with Crippen molar-refractivity contribution in [2.45, 2.75) is 13.3 Å². The molecular formula is C7H12O6. The van der Waals surface area contributed by atoms with Gasteiger partial charge >= 0.3 is 11.9 Å². The summed E-state index contributed by atoms with van der Waals surface area (Å²) in [7, 11) is 1.00. The number of hydrogen-bond acceptors (Lipinski definition) is 5. The number of carboxylic acids is 1. The number of carbonyl (C=O) groups excluding carboxylic acids is 2. The fourth-order valence-electron chi connectivity index (χ4n) is 0.419. The van der Waals surface area contributed by atoms with Gasteiger partial charge in [0.15, 0.2) is 0 Å². The summed E-state index contributed by atoms with van der Waals surface area (Å²) < 4.78 is 4.34. The third-order valence-electron chi connectivity index (χ3n) is 0.849. The number of aliphatic hydroxyl groups excluding tert-OH is 1. The Morgan fingerprint density at radius 3 is 2.00 bits per heavy atom. The Bertz CT molecular complexity index is 185. The lowest BCUT2D eigenvalue weighted by atomic mass is 10.3. The minimum Gasteiger partial charge on any atom is -0.475 e. The van der Waals surface area contributed by atoms with Crippen LogP contribution in [0.25, 0.3) is 0 Å². The lowest BCUT2D eigenvalue weighted by molar-refractivity contribution is -0.154. The van der Waals surface area contributed by atoms with Crippen molar-refractivity contribution in [3.63, 3.8) is 0 Å². The molecule has 0 atom stereocenters. The summed E-state index contributed by atoms with van der Waals surface area (Å²) in [5.41, 5.74) is 0. The van der Waals surface area contributed by atoms with E-state index in [0.29, 0.717) is 0 Å². The fourth-order valence-corrected chi connectivity index (χ4v) is 0.419. The summed E-state index contributed by atoms with van der Waals surface area (Å²) in [6, 6.07) is 0. The first-order valence-corrected chi connectivity index (χ1v) is 3.44. The van der Waals surface area contributed by atoms with Crippen LogP contribution in [0.15, 0.2) is 0 Å². The molecule has 0 spiro atoms. The van der Waals surface area contributed by atoms with E-state index in [9.17, 15) is 14.4 Å². The number of rotatable bonds is 4. The van der Waals surface area contributed by atoms with Crippen LogP contribution in [0.5, 0.6) is 0 Å². The molecule has 0 aromatic rings. The van der Waals surface area contributed by atoms with Crippen LogP contribution in [0.1, 0.15) is 13.3 Å². The maximum Gasteiger partial charge on any atom is 0.372 e. The van der Waals surface area contributed by atoms with E-state index in [1.165, 1.54) is 0 Å². The molecule has 13 heavy (non-hydrogen) atoms. The summed E-state index contributed by atoms with van der Waals surface area (Å²) in [5.74, 6) is -3.57. The molecule has 0 heterocycles. The van der Waals surface area contributed by atoms with Crippen LogP contribution in [0.4, 0.5) is 0 Å². The minimum atomic E-state index is -1.61. The number of hydrogen-bond donors (Lipinski definition) is 2. The SMILES string of the molecule is CCOC(=O)CC(=O)C(=O)O.CO. The third kappa shape index (κ3) is 8.48. The van der Waals surface area contributed by atoms with E-state index in [1.807, 2.05) is 0 Å². The zero-order chi connectivity index (χ0) is 10.9. The van der Waals surface area contributed by atoms with Crippen molar-refractivity contribution in [3.8, 4) is 0 Å². The van der Waals surface area contributed by atoms with Crippen molar-refractivity contribution < 1.29 is 29.3 Å². The van der Waals surface area contributed by atoms with Gasteiger partial charge in [0.25, 0.3) is 5.78 Å². The van der Waals surface area contributed by atoms with Gasteiger partial charge in [-0.15, -0.1) is 0 Å². The largest absolute Gasteiger partial charge is 0.475 e. The smallest absolute Gasteiger partial charge is 0.372 e. The average molecular weight is 192 g/mol. The van der Waals surface area contributed by atoms with Crippen molar-refractivity contribution >= 4 is 17.7 Å². The number of aliphatic hydroxyl groups is 1. The van der Waals surface area contributed by atoms with Gasteiger partial charge in [-0.05, 0) is 6.92 Å². The number of carboxylic acid groups (broad SMARTS) is 1. The predicted octanol–water partition coefficient (Wildman–Crippen LogP) is -0.798. The predicted molar refractivity (Wildman–Crippen MR) is 42.0 cm³/mol. The zero-order valence-corrected chi connectivity index (χ0v) is 7.44. The molecule has 0 aliphatic carbocycles. The van der Waals surface area contributed by atoms with Crippen molar-refractivity contribution in [1.29, 1.82) is 0 Å². The van der Waals surface area contributed by atoms with Gasteiger partial charge in [-0.1, -0.05) is 0 Å². The van der Waals surface area contributed by atoms with Crippen LogP contribution in [0, 0.1) is 0 Å². The van der Waals surface area contributed by atoms with E-state index in [0.717, 1.165) is 7.11 Å². The summed E-state index contributed by atoms with van der Waals surface area (Å²) in [6.07, 6.45) is -0.691. The van der Waals surface area contributed by atoms with Gasteiger partial charge in [-0.25, -0.2) is 4.79 Å². The highest BCUT2D eigenvalue weighted by Gasteiger charge is 2.16. The number of carbonyl (C=O) groups is 3. The number of ketones is 1. The molecule has 0 amide bonds. The number of aliphatic carboxylic acids is 1. The maximum atomic E-state index is 10.5. The summed E-state index contributed by atoms with van der Waals surface area (Å²) in [4.78, 5) is 30.7. The topological polar surface area (TPSA) is 101 Å². The van der Waals surface area contributed by atoms with Crippen molar-refractivity contribution in [2.75, 3.05) is 13.7 Å². The van der Waals surface area contributed by atoms with Crippen LogP contribution < -0.4 is 0 Å². The second kappa shape index (κ2) is 8.66. The Balaban J connectivity index is 0. The highest BCUT2D eigenvalue weighted by molar-refractivity contribution is 6.35. The van der Waals surface area contributed by atoms with Gasteiger partial charge in [-0.3, -0.25) is 9.59 Å². The van der Waals surface area contributed by atoms with Gasteiger partial charge in [-0.2, -0.15) is 0 Å². The minimum absolute atomic E-state index is 0.145. The van der Waals surface area contributed by atoms with Crippen molar-refractivity contribution in [2.24, 2.45) is 0 Å². The van der Waals surface area contributed by atoms with Gasteiger partial charge in [0.1, 0.15) is 6.42 Å². The lowest BCUT2D eigenvalue weighted by Crippen LogP contribution is -2.18. The molecule has 0 aromatic carbocycles. The lowest BCUT2D eigenvalue weighted by Gasteiger charge is -1.96. The highest BCUT2D eigenvalue weighted by Crippen LogP contribution is 1.88. The van der Waals surface area contributed by atoms with Crippen LogP contribution in [0.3, 0.4) is 0 Å². The molecule has 0 radical (unpaired) electrons. The molecule has 2 N–H and O–H groups in total. The molecule has 0 aliphatic heterocycles. The molecule has 76 valence electrons. The Hall–Kier alpha value is -1.43. The maximum absolute atomic E-state index is 10.5. The molecule has 0 aliphatic rings. The first-order chi connectivity index (χ1) is 6.07. The first-order valence-electron chi connectivity index (χ1n) is 3.44. The summed E-state index contributed by atoms with van der Waals surface area (Å²) in [5, 5.41) is 15.0. The van der Waals surface area contributed by atoms with Crippen LogP contribution in [0.2, 0.25) is 0 Å². The van der Waals surface area contributed by atoms with E-state index in [2.05, 4.69) is 4.74 Å². The van der Waals surface area contributed by atoms with E-state index in [-0.39, 0.29) is 6.61 Å². The molecule has 0 saturated carbocycles. The summed E-state index contributed by atoms with van der Waals surface area (Å²) in [6.45, 7) is 1.72. The quantitative estimate of drug-likeness (QED) is 0.343. The third-order valence-corrected chi connectivity index (χ3v) is 0.849. The average Bonchev–Trinajstić information content (AvgIpc) is 2.08. The second-order valence-electron chi connectivity index (χ2n) is 1.71. The Morgan fingerprint density at radius 1 is 1.23 bits per heavy atom. The number of esters is 1. The molecule has 0 rings (SSSR count). The number of Topliss-reactive ketones (excluding diaryl/α,β-unsaturated/α-hetero) is 1. The van der Waals surface area contributed by atoms with Crippen LogP contribution >= 0.6 is 0 Å². The standard InChI is InChI=1S/C6H8O5.CH4O/c1-2-11-5(8)3-4(7)6(9)10;1-2/h2-3H2,1H3,(H,9,10);2H,1H3. The highest BCUT2D eigenvalue weighted by atomic mass is 16.5. The van der Waals surface area contributed by atoms with Gasteiger partial charge < -0.3 is 14.9 Å². The van der Waals surface area contributed by atoms with Gasteiger partial charge in [0, 0.05) is 7.11 Å². The molecule has 0 bridgehead atoms. The molecular weight excluding hydrogens is 180 g/mol. The molecule has 6 nitrogen and oxygen atoms in total. The Labute approximate surface area is 75.1 Å². The van der Waals surface area contributed by atoms with E-state index in [1.54, 1.807) is 6.92 Å². The van der Waals surface area contributed by atoms with E-state index >= 15 is 0 Å². The first kappa shape index (κ1) is 14.1. The van der Waals surface area contributed by atoms with Crippen molar-refractivity contribution in [3.05, 3.63) is 0 Å². The molecule has 0 saturated heterocycles. The van der Waals surface area contributed by atoms with Crippen LogP contribution in [-0.4, -0.2) is 41.7 Å². The second-order valence-corrected chi connectivity index (χ2v) is 1.71. The molecule has 0 aromatic heterocycles. The van der Waals surface area contributed by atoms with Gasteiger partial charge in [0.2, 0.25) is 0 Å². The number of ether oxygens (including phenoxy) is 1. The van der Waals surface area contributed by atoms with E-state index in [4.69, 9.17) is 10.2 Å². The zero-order valence-electron chi connectivity index (χ0n) is 7.44. The molecule has 6 heteroatoms. The van der Waals surface area contributed by atoms with E-state index < -0.39 is 24.1 Å². The fraction of sp³-hybridized carbons (Fsp3) is 0.571. The normalized spacial score (nSPS) is 7.92.